The summed E-state index contributed by atoms with van der Waals surface area (Å²) in [5, 5.41) is 0. The van der Waals surface area contributed by atoms with Crippen LogP contribution in [0.3, 0.4) is 0 Å². The van der Waals surface area contributed by atoms with Crippen molar-refractivity contribution in [2.45, 2.75) is 25.7 Å². The molecule has 440 valence electrons. The Balaban J connectivity index is 0.943. The fourth-order valence-electron chi connectivity index (χ4n) is 16.7. The predicted molar refractivity (Wildman–Crippen MR) is 393 cm³/mol. The van der Waals surface area contributed by atoms with Crippen LogP contribution in [0.2, 0.25) is 0 Å². The van der Waals surface area contributed by atoms with E-state index in [1.807, 2.05) is 0 Å². The minimum absolute atomic E-state index is 0.140. The Hall–Kier alpha value is -11.4. The molecule has 0 atom stereocenters. The first-order valence-corrected chi connectivity index (χ1v) is 33.0. The molecule has 0 radical (unpaired) electrons. The molecule has 0 bridgehead atoms. The topological polar surface area (TPSA) is 22.7 Å². The van der Waals surface area contributed by atoms with Gasteiger partial charge in [-0.05, 0) is 203 Å². The van der Waals surface area contributed by atoms with Gasteiger partial charge < -0.3 is 34.3 Å². The zero-order valence-corrected chi connectivity index (χ0v) is 51.5. The van der Waals surface area contributed by atoms with E-state index in [1.54, 1.807) is 0 Å². The van der Waals surface area contributed by atoms with Crippen LogP contribution in [-0.2, 0) is 12.8 Å². The normalized spacial score (nSPS) is 14.3. The molecule has 6 aliphatic heterocycles. The summed E-state index contributed by atoms with van der Waals surface area (Å²) in [4.78, 5) is 18.2. The van der Waals surface area contributed by atoms with Crippen LogP contribution in [0.1, 0.15) is 24.0 Å². The van der Waals surface area contributed by atoms with Gasteiger partial charge in [0.1, 0.15) is 0 Å². The quantitative estimate of drug-likeness (QED) is 0.126. The van der Waals surface area contributed by atoms with Crippen LogP contribution in [-0.4, -0.2) is 26.5 Å². The Bertz CT molecular complexity index is 4940. The van der Waals surface area contributed by atoms with Crippen molar-refractivity contribution in [2.24, 2.45) is 0 Å². The predicted octanol–water partition coefficient (Wildman–Crippen LogP) is 17.5. The van der Waals surface area contributed by atoms with Gasteiger partial charge >= 0.3 is 0 Å². The van der Waals surface area contributed by atoms with Gasteiger partial charge in [-0.3, -0.25) is 0 Å². The van der Waals surface area contributed by atoms with Gasteiger partial charge in [0.2, 0.25) is 0 Å². The molecular weight excluding hydrogens is 1130 g/mol. The Morgan fingerprint density at radius 3 is 1.08 bits per heavy atom. The molecule has 0 spiro atoms. The fourth-order valence-corrected chi connectivity index (χ4v) is 16.7. The maximum atomic E-state index is 2.76. The molecule has 0 fully saturated rings. The van der Waals surface area contributed by atoms with Crippen molar-refractivity contribution >= 4 is 154 Å². The van der Waals surface area contributed by atoms with Crippen LogP contribution in [0.25, 0.3) is 0 Å². The van der Waals surface area contributed by atoms with Crippen molar-refractivity contribution in [3.8, 4) is 0 Å². The number of fused-ring (bicyclic) bond motifs is 10. The highest BCUT2D eigenvalue weighted by Gasteiger charge is 2.51. The average molecular weight is 1190 g/mol. The first kappa shape index (κ1) is 53.4. The molecule has 0 aromatic heterocycles. The molecule has 13 aromatic carbocycles. The Morgan fingerprint density at radius 1 is 0.247 bits per heavy atom. The van der Waals surface area contributed by atoms with Gasteiger partial charge in [0.15, 0.2) is 0 Å². The van der Waals surface area contributed by atoms with Gasteiger partial charge in [0.25, 0.3) is 13.4 Å². The third kappa shape index (κ3) is 8.32. The van der Waals surface area contributed by atoms with Crippen molar-refractivity contribution in [3.63, 3.8) is 0 Å². The Labute approximate surface area is 544 Å². The molecule has 9 heteroatoms. The summed E-state index contributed by atoms with van der Waals surface area (Å²) in [5.41, 5.74) is 33.1. The number of hydrogen-bond donors (Lipinski definition) is 0. The first-order chi connectivity index (χ1) is 46.2. The highest BCUT2D eigenvalue weighted by atomic mass is 15.2. The molecular formula is C84H63B2N7. The second kappa shape index (κ2) is 21.6. The van der Waals surface area contributed by atoms with Crippen LogP contribution in [0.4, 0.5) is 108 Å². The van der Waals surface area contributed by atoms with Crippen LogP contribution in [0.5, 0.6) is 0 Å². The standard InChI is InChI=1S/C84H63B2N7/c1-9-29-58(30-10-1)88(59-31-11-2-12-32-59)66-49-50-71-75(53-66)92(64-41-21-7-22-42-64)83-68-45-27-51-87-52-28-46-69(82(68)87)84-81(83)86(71)73-56-72-76(57-77(73)93(84)65-43-23-8-24-44-65)91(63-39-19-6-20-40-63)79-55-67(89(60-33-13-3-14-34-60)61-35-15-4-16-36-61)54-78-80(79)85(72)70-47-25-26-48-74(70)90(78)62-37-17-5-18-38-62/h1-26,29-44,47-50,53-57H,27-28,45-46,51-52H2. The molecule has 6 heterocycles. The summed E-state index contributed by atoms with van der Waals surface area (Å²) >= 11 is 0. The van der Waals surface area contributed by atoms with E-state index in [0.29, 0.717) is 0 Å². The largest absolute Gasteiger partial charge is 0.371 e. The summed E-state index contributed by atoms with van der Waals surface area (Å²) in [6.45, 7) is 1.82. The second-order valence-electron chi connectivity index (χ2n) is 25.3. The molecule has 0 amide bonds. The van der Waals surface area contributed by atoms with Gasteiger partial charge in [-0.2, -0.15) is 0 Å². The van der Waals surface area contributed by atoms with Crippen molar-refractivity contribution in [1.29, 1.82) is 0 Å². The van der Waals surface area contributed by atoms with Gasteiger partial charge in [-0.1, -0.05) is 176 Å². The molecule has 0 aliphatic carbocycles. The highest BCUT2D eigenvalue weighted by molar-refractivity contribution is 7.03. The van der Waals surface area contributed by atoms with Gasteiger partial charge in [0.05, 0.1) is 5.69 Å². The monoisotopic (exact) mass is 1190 g/mol. The summed E-state index contributed by atoms with van der Waals surface area (Å²) in [7, 11) is 0. The third-order valence-electron chi connectivity index (χ3n) is 20.3. The van der Waals surface area contributed by atoms with E-state index in [-0.39, 0.29) is 13.4 Å². The van der Waals surface area contributed by atoms with Crippen molar-refractivity contribution in [3.05, 3.63) is 321 Å². The van der Waals surface area contributed by atoms with E-state index in [9.17, 15) is 0 Å². The molecule has 0 N–H and O–H groups in total. The maximum Gasteiger partial charge on any atom is 0.252 e. The number of anilines is 19. The highest BCUT2D eigenvalue weighted by Crippen LogP contribution is 2.56. The molecule has 93 heavy (non-hydrogen) atoms. The zero-order valence-electron chi connectivity index (χ0n) is 51.5. The van der Waals surface area contributed by atoms with Crippen LogP contribution in [0.15, 0.2) is 309 Å². The molecule has 19 rings (SSSR count). The Morgan fingerprint density at radius 2 is 0.602 bits per heavy atom. The van der Waals surface area contributed by atoms with Crippen molar-refractivity contribution < 1.29 is 0 Å². The summed E-state index contributed by atoms with van der Waals surface area (Å²) in [6, 6.07) is 115. The number of nitrogens with zero attached hydrogens (tertiary/aromatic N) is 7. The van der Waals surface area contributed by atoms with Crippen molar-refractivity contribution in [1.82, 2.24) is 0 Å². The molecule has 0 saturated carbocycles. The van der Waals surface area contributed by atoms with E-state index >= 15 is 0 Å². The van der Waals surface area contributed by atoms with Crippen LogP contribution < -0.4 is 67.1 Å². The first-order valence-electron chi connectivity index (χ1n) is 33.0. The minimum Gasteiger partial charge on any atom is -0.371 e. The smallest absolute Gasteiger partial charge is 0.252 e. The molecule has 13 aromatic rings. The lowest BCUT2D eigenvalue weighted by Crippen LogP contribution is -2.65. The lowest BCUT2D eigenvalue weighted by Gasteiger charge is -2.50. The number of para-hydroxylation sites is 9. The molecule has 0 saturated heterocycles. The van der Waals surface area contributed by atoms with E-state index in [0.717, 1.165) is 107 Å². The van der Waals surface area contributed by atoms with Crippen LogP contribution in [0, 0.1) is 0 Å². The number of rotatable bonds is 10. The number of hydrogen-bond acceptors (Lipinski definition) is 7. The summed E-state index contributed by atoms with van der Waals surface area (Å²) < 4.78 is 0. The van der Waals surface area contributed by atoms with E-state index in [1.165, 1.54) is 83.7 Å². The van der Waals surface area contributed by atoms with Crippen LogP contribution >= 0.6 is 0 Å². The average Bonchev–Trinajstić information content (AvgIpc) is 0.679. The lowest BCUT2D eigenvalue weighted by atomic mass is 9.30. The van der Waals surface area contributed by atoms with E-state index in [4.69, 9.17) is 0 Å². The minimum atomic E-state index is -0.150. The van der Waals surface area contributed by atoms with Gasteiger partial charge in [-0.15, -0.1) is 0 Å². The maximum absolute atomic E-state index is 2.76. The molecule has 6 aliphatic rings. The van der Waals surface area contributed by atoms with Crippen molar-refractivity contribution in [2.75, 3.05) is 47.4 Å². The second-order valence-corrected chi connectivity index (χ2v) is 25.3. The van der Waals surface area contributed by atoms with Gasteiger partial charge in [0, 0.05) is 115 Å². The zero-order chi connectivity index (χ0) is 61.1. The molecule has 0 unspecified atom stereocenters. The fraction of sp³-hybridized carbons (Fsp3) is 0.0714. The summed E-state index contributed by atoms with van der Waals surface area (Å²) in [6.07, 6.45) is 4.22. The third-order valence-corrected chi connectivity index (χ3v) is 20.3. The SMILES string of the molecule is c1ccc(N(c2ccccc2)c2ccc3c(c2)N(c2ccccc2)c2c4c5c(c6c2B3c2cc3c(cc2N6c2ccccc2)N(c2ccccc2)c2cc(N(c6ccccc6)c6ccccc6)cc6c2B3c2ccccc2N6c2ccccc2)CCCN5CCC4)cc1. The van der Waals surface area contributed by atoms with Gasteiger partial charge in [-0.25, -0.2) is 0 Å². The number of benzene rings is 13. The molecule has 7 nitrogen and oxygen atoms in total. The van der Waals surface area contributed by atoms with E-state index in [2.05, 4.69) is 344 Å². The summed E-state index contributed by atoms with van der Waals surface area (Å²) in [5.74, 6) is 0. The van der Waals surface area contributed by atoms with E-state index < -0.39 is 0 Å². The Kier molecular flexibility index (Phi) is 12.4. The lowest BCUT2D eigenvalue weighted by molar-refractivity contribution is 0.635.